The van der Waals surface area contributed by atoms with Crippen LogP contribution in [0.15, 0.2) is 24.7 Å². The second-order valence-corrected chi connectivity index (χ2v) is 6.38. The molecule has 0 saturated heterocycles. The van der Waals surface area contributed by atoms with Gasteiger partial charge in [-0.1, -0.05) is 12.8 Å². The van der Waals surface area contributed by atoms with Crippen LogP contribution in [-0.2, 0) is 4.79 Å². The highest BCUT2D eigenvalue weighted by molar-refractivity contribution is 6.02. The maximum absolute atomic E-state index is 12.3. The molecule has 2 aliphatic rings. The summed E-state index contributed by atoms with van der Waals surface area (Å²) in [5.41, 5.74) is 8.08. The number of nitrogen functional groups attached to an aromatic ring is 1. The van der Waals surface area contributed by atoms with E-state index >= 15 is 0 Å². The number of carbonyl (C=O) groups excluding carboxylic acids is 1. The quantitative estimate of drug-likeness (QED) is 0.907. The number of rotatable bonds is 2. The lowest BCUT2D eigenvalue weighted by Gasteiger charge is -2.37. The molecule has 2 aromatic rings. The number of anilines is 3. The number of nitrogens with two attached hydrogens (primary N) is 1. The third-order valence-electron chi connectivity index (χ3n) is 4.92. The van der Waals surface area contributed by atoms with Crippen molar-refractivity contribution in [3.05, 3.63) is 24.7 Å². The van der Waals surface area contributed by atoms with Crippen LogP contribution in [0.25, 0.3) is 11.4 Å². The van der Waals surface area contributed by atoms with Gasteiger partial charge in [0, 0.05) is 24.8 Å². The predicted octanol–water partition coefficient (Wildman–Crippen LogP) is 1.85. The number of amides is 1. The van der Waals surface area contributed by atoms with Gasteiger partial charge in [-0.25, -0.2) is 9.97 Å². The highest BCUT2D eigenvalue weighted by atomic mass is 16.2. The molecule has 1 fully saturated rings. The number of hydrogen-bond acceptors (Lipinski definition) is 6. The minimum Gasteiger partial charge on any atom is -0.397 e. The molecule has 7 heteroatoms. The maximum atomic E-state index is 12.3. The van der Waals surface area contributed by atoms with Gasteiger partial charge in [-0.2, -0.15) is 0 Å². The van der Waals surface area contributed by atoms with E-state index in [1.807, 2.05) is 6.07 Å². The average Bonchev–Trinajstić information content (AvgIpc) is 3.12. The zero-order valence-electron chi connectivity index (χ0n) is 13.6. The molecule has 1 aliphatic heterocycles. The molecular weight excluding hydrogens is 304 g/mol. The summed E-state index contributed by atoms with van der Waals surface area (Å²) in [6, 6.07) is 2.19. The Bertz CT molecular complexity index is 786. The average molecular weight is 324 g/mol. The van der Waals surface area contributed by atoms with Crippen LogP contribution < -0.4 is 15.5 Å². The molecule has 0 radical (unpaired) electrons. The Morgan fingerprint density at radius 2 is 2.04 bits per heavy atom. The summed E-state index contributed by atoms with van der Waals surface area (Å²) in [7, 11) is 1.77. The first-order valence-corrected chi connectivity index (χ1v) is 8.25. The molecule has 0 bridgehead atoms. The zero-order valence-corrected chi connectivity index (χ0v) is 13.6. The Hall–Kier alpha value is -2.70. The van der Waals surface area contributed by atoms with Crippen molar-refractivity contribution in [3.8, 4) is 11.4 Å². The van der Waals surface area contributed by atoms with Gasteiger partial charge in [0.25, 0.3) is 0 Å². The maximum Gasteiger partial charge on any atom is 0.246 e. The molecule has 124 valence electrons. The number of hydrogen-bond donors (Lipinski definition) is 1. The van der Waals surface area contributed by atoms with E-state index in [0.29, 0.717) is 24.1 Å². The first kappa shape index (κ1) is 14.9. The third-order valence-corrected chi connectivity index (χ3v) is 4.92. The molecule has 2 aromatic heterocycles. The molecule has 3 heterocycles. The van der Waals surface area contributed by atoms with Crippen LogP contribution in [0.4, 0.5) is 17.2 Å². The van der Waals surface area contributed by atoms with Gasteiger partial charge in [0.05, 0.1) is 24.6 Å². The van der Waals surface area contributed by atoms with Crippen LogP contribution in [0, 0.1) is 0 Å². The van der Waals surface area contributed by atoms with E-state index in [2.05, 4.69) is 14.9 Å². The van der Waals surface area contributed by atoms with Gasteiger partial charge in [-0.05, 0) is 18.9 Å². The number of pyridine rings is 1. The lowest BCUT2D eigenvalue weighted by atomic mass is 10.1. The van der Waals surface area contributed by atoms with E-state index < -0.39 is 0 Å². The highest BCUT2D eigenvalue weighted by Crippen LogP contribution is 2.37. The van der Waals surface area contributed by atoms with E-state index in [4.69, 9.17) is 10.7 Å². The predicted molar refractivity (Wildman–Crippen MR) is 92.7 cm³/mol. The normalized spacial score (nSPS) is 18.1. The smallest absolute Gasteiger partial charge is 0.246 e. The molecule has 1 saturated carbocycles. The van der Waals surface area contributed by atoms with Crippen LogP contribution in [0.1, 0.15) is 25.7 Å². The topological polar surface area (TPSA) is 88.2 Å². The molecule has 1 aliphatic carbocycles. The molecule has 1 amide bonds. The van der Waals surface area contributed by atoms with E-state index in [1.54, 1.807) is 30.5 Å². The van der Waals surface area contributed by atoms with Gasteiger partial charge in [0.2, 0.25) is 5.91 Å². The zero-order chi connectivity index (χ0) is 16.7. The second kappa shape index (κ2) is 5.74. The van der Waals surface area contributed by atoms with Gasteiger partial charge in [0.1, 0.15) is 5.69 Å². The Kier molecular flexibility index (Phi) is 3.55. The summed E-state index contributed by atoms with van der Waals surface area (Å²) in [4.78, 5) is 29.3. The minimum absolute atomic E-state index is 0.0779. The van der Waals surface area contributed by atoms with Crippen LogP contribution in [0.2, 0.25) is 0 Å². The monoisotopic (exact) mass is 324 g/mol. The lowest BCUT2D eigenvalue weighted by Crippen LogP contribution is -2.48. The fraction of sp³-hybridized carbons (Fsp3) is 0.412. The van der Waals surface area contributed by atoms with Crippen molar-refractivity contribution in [2.24, 2.45) is 0 Å². The summed E-state index contributed by atoms with van der Waals surface area (Å²) in [5, 5.41) is 0. The van der Waals surface area contributed by atoms with Crippen LogP contribution in [0.3, 0.4) is 0 Å². The van der Waals surface area contributed by atoms with Gasteiger partial charge in [-0.15, -0.1) is 0 Å². The highest BCUT2D eigenvalue weighted by Gasteiger charge is 2.34. The fourth-order valence-electron chi connectivity index (χ4n) is 3.53. The fourth-order valence-corrected chi connectivity index (χ4v) is 3.53. The number of aromatic nitrogens is 3. The van der Waals surface area contributed by atoms with E-state index in [1.165, 1.54) is 12.8 Å². The van der Waals surface area contributed by atoms with E-state index in [0.717, 1.165) is 29.9 Å². The van der Waals surface area contributed by atoms with Crippen LogP contribution in [0.5, 0.6) is 0 Å². The molecule has 0 unspecified atom stereocenters. The van der Waals surface area contributed by atoms with Crippen molar-refractivity contribution in [1.82, 2.24) is 15.0 Å². The van der Waals surface area contributed by atoms with E-state index in [-0.39, 0.29) is 5.91 Å². The largest absolute Gasteiger partial charge is 0.397 e. The van der Waals surface area contributed by atoms with Crippen molar-refractivity contribution in [2.45, 2.75) is 31.7 Å². The van der Waals surface area contributed by atoms with E-state index in [9.17, 15) is 4.79 Å². The molecule has 0 aromatic carbocycles. The Morgan fingerprint density at radius 1 is 1.25 bits per heavy atom. The molecule has 2 N–H and O–H groups in total. The standard InChI is InChI=1S/C17H20N6O/c1-22-14-9-20-16(12-6-7-19-8-13(12)18)21-17(14)23(10-15(22)24)11-4-2-3-5-11/h6-9,11H,2-5,10,18H2,1H3. The summed E-state index contributed by atoms with van der Waals surface area (Å²) in [6.07, 6.45) is 9.61. The first-order valence-electron chi connectivity index (χ1n) is 8.25. The molecule has 4 rings (SSSR count). The molecule has 7 nitrogen and oxygen atoms in total. The van der Waals surface area contributed by atoms with Crippen molar-refractivity contribution < 1.29 is 4.79 Å². The van der Waals surface area contributed by atoms with Crippen molar-refractivity contribution in [2.75, 3.05) is 29.1 Å². The molecule has 0 spiro atoms. The third kappa shape index (κ3) is 2.36. The van der Waals surface area contributed by atoms with Gasteiger partial charge < -0.3 is 15.5 Å². The SMILES string of the molecule is CN1C(=O)CN(C2CCCC2)c2nc(-c3ccncc3N)ncc21. The Labute approximate surface area is 140 Å². The first-order chi connectivity index (χ1) is 11.6. The molecule has 0 atom stereocenters. The summed E-state index contributed by atoms with van der Waals surface area (Å²) in [6.45, 7) is 0.371. The van der Waals surface area contributed by atoms with Crippen LogP contribution >= 0.6 is 0 Å². The van der Waals surface area contributed by atoms with Crippen molar-refractivity contribution in [1.29, 1.82) is 0 Å². The van der Waals surface area contributed by atoms with Gasteiger partial charge >= 0.3 is 0 Å². The summed E-state index contributed by atoms with van der Waals surface area (Å²) < 4.78 is 0. The lowest BCUT2D eigenvalue weighted by molar-refractivity contribution is -0.117. The number of fused-ring (bicyclic) bond motifs is 1. The van der Waals surface area contributed by atoms with Crippen LogP contribution in [-0.4, -0.2) is 40.5 Å². The molecular formula is C17H20N6O. The number of nitrogens with zero attached hydrogens (tertiary/aromatic N) is 5. The summed E-state index contributed by atoms with van der Waals surface area (Å²) >= 11 is 0. The minimum atomic E-state index is 0.0779. The molecule has 24 heavy (non-hydrogen) atoms. The second-order valence-electron chi connectivity index (χ2n) is 6.38. The summed E-state index contributed by atoms with van der Waals surface area (Å²) in [5.74, 6) is 1.47. The van der Waals surface area contributed by atoms with Gasteiger partial charge in [-0.3, -0.25) is 9.78 Å². The van der Waals surface area contributed by atoms with Gasteiger partial charge in [0.15, 0.2) is 11.6 Å². The number of carbonyl (C=O) groups is 1. The Morgan fingerprint density at radius 3 is 2.79 bits per heavy atom. The van der Waals surface area contributed by atoms with Crippen molar-refractivity contribution in [3.63, 3.8) is 0 Å². The Balaban J connectivity index is 1.81. The van der Waals surface area contributed by atoms with Crippen molar-refractivity contribution >= 4 is 23.1 Å². The number of likely N-dealkylation sites (N-methyl/N-ethyl adjacent to an activating group) is 1.